The molecular formula is C18H19BrN2O. The second kappa shape index (κ2) is 7.90. The van der Waals surface area contributed by atoms with Gasteiger partial charge in [-0.3, -0.25) is 4.79 Å². The number of hydrazone groups is 1. The molecule has 0 saturated carbocycles. The Morgan fingerprint density at radius 2 is 1.64 bits per heavy atom. The summed E-state index contributed by atoms with van der Waals surface area (Å²) in [6.07, 6.45) is 2.21. The third-order valence-electron chi connectivity index (χ3n) is 3.34. The van der Waals surface area contributed by atoms with Crippen LogP contribution >= 0.6 is 15.9 Å². The summed E-state index contributed by atoms with van der Waals surface area (Å²) < 4.78 is 0.941. The van der Waals surface area contributed by atoms with Crippen molar-refractivity contribution >= 4 is 27.5 Å². The number of halogens is 1. The van der Waals surface area contributed by atoms with Crippen LogP contribution in [0.25, 0.3) is 0 Å². The van der Waals surface area contributed by atoms with Crippen LogP contribution in [-0.2, 0) is 6.42 Å². The van der Waals surface area contributed by atoms with E-state index >= 15 is 0 Å². The van der Waals surface area contributed by atoms with E-state index in [-0.39, 0.29) is 5.91 Å². The molecule has 0 spiro atoms. The number of rotatable bonds is 5. The topological polar surface area (TPSA) is 41.5 Å². The second-order valence-corrected chi connectivity index (χ2v) is 6.01. The minimum Gasteiger partial charge on any atom is -0.267 e. The van der Waals surface area contributed by atoms with Crippen LogP contribution in [0, 0.1) is 0 Å². The summed E-state index contributed by atoms with van der Waals surface area (Å²) in [4.78, 5) is 12.0. The summed E-state index contributed by atoms with van der Waals surface area (Å²) in [5, 5.41) is 4.17. The van der Waals surface area contributed by atoms with E-state index in [1.165, 1.54) is 5.56 Å². The zero-order valence-electron chi connectivity index (χ0n) is 12.8. The molecular weight excluding hydrogens is 340 g/mol. The van der Waals surface area contributed by atoms with Crippen molar-refractivity contribution in [3.63, 3.8) is 0 Å². The van der Waals surface area contributed by atoms with Gasteiger partial charge in [0.1, 0.15) is 0 Å². The average molecular weight is 359 g/mol. The Labute approximate surface area is 139 Å². The maximum absolute atomic E-state index is 12.0. The molecule has 0 aliphatic heterocycles. The maximum Gasteiger partial charge on any atom is 0.271 e. The first-order valence-electron chi connectivity index (χ1n) is 7.29. The third kappa shape index (κ3) is 4.53. The van der Waals surface area contributed by atoms with E-state index in [9.17, 15) is 4.79 Å². The van der Waals surface area contributed by atoms with Crippen molar-refractivity contribution in [3.8, 4) is 0 Å². The average Bonchev–Trinajstić information content (AvgIpc) is 2.54. The lowest BCUT2D eigenvalue weighted by Crippen LogP contribution is -2.19. The molecule has 0 unspecified atom stereocenters. The zero-order valence-corrected chi connectivity index (χ0v) is 14.4. The van der Waals surface area contributed by atoms with Crippen LogP contribution in [0.5, 0.6) is 0 Å². The number of hydrogen-bond acceptors (Lipinski definition) is 2. The van der Waals surface area contributed by atoms with Crippen molar-refractivity contribution in [2.75, 3.05) is 0 Å². The minimum absolute atomic E-state index is 0.213. The van der Waals surface area contributed by atoms with Crippen LogP contribution in [-0.4, -0.2) is 11.6 Å². The molecule has 0 heterocycles. The molecule has 1 amide bonds. The molecule has 0 bridgehead atoms. The molecule has 1 N–H and O–H groups in total. The fourth-order valence-electron chi connectivity index (χ4n) is 2.07. The highest BCUT2D eigenvalue weighted by molar-refractivity contribution is 9.10. The number of benzene rings is 2. The van der Waals surface area contributed by atoms with E-state index in [2.05, 4.69) is 45.5 Å². The van der Waals surface area contributed by atoms with Gasteiger partial charge in [0.05, 0.1) is 5.71 Å². The standard InChI is InChI=1S/C18H19BrN2O/c1-3-4-14-5-7-15(8-6-14)13(2)20-21-18(22)16-9-11-17(19)12-10-16/h5-12H,3-4H2,1-2H3,(H,21,22)/b20-13+. The van der Waals surface area contributed by atoms with Gasteiger partial charge in [0, 0.05) is 10.0 Å². The van der Waals surface area contributed by atoms with Gasteiger partial charge in [-0.15, -0.1) is 0 Å². The van der Waals surface area contributed by atoms with Crippen LogP contribution < -0.4 is 5.43 Å². The Hall–Kier alpha value is -1.94. The van der Waals surface area contributed by atoms with Gasteiger partial charge < -0.3 is 0 Å². The van der Waals surface area contributed by atoms with Gasteiger partial charge in [-0.05, 0) is 48.7 Å². The van der Waals surface area contributed by atoms with Gasteiger partial charge in [0.15, 0.2) is 0 Å². The largest absolute Gasteiger partial charge is 0.271 e. The normalized spacial score (nSPS) is 11.3. The molecule has 2 aromatic carbocycles. The number of nitrogens with zero attached hydrogens (tertiary/aromatic N) is 1. The number of amides is 1. The highest BCUT2D eigenvalue weighted by Crippen LogP contribution is 2.11. The van der Waals surface area contributed by atoms with E-state index in [0.717, 1.165) is 28.6 Å². The van der Waals surface area contributed by atoms with Gasteiger partial charge in [0.2, 0.25) is 0 Å². The lowest BCUT2D eigenvalue weighted by Gasteiger charge is -2.05. The highest BCUT2D eigenvalue weighted by Gasteiger charge is 2.04. The number of nitrogens with one attached hydrogen (secondary N) is 1. The maximum atomic E-state index is 12.0. The molecule has 2 aromatic rings. The van der Waals surface area contributed by atoms with E-state index in [1.54, 1.807) is 12.1 Å². The van der Waals surface area contributed by atoms with Crippen LogP contribution in [0.3, 0.4) is 0 Å². The van der Waals surface area contributed by atoms with Crippen LogP contribution in [0.1, 0.15) is 41.8 Å². The Morgan fingerprint density at radius 3 is 2.23 bits per heavy atom. The van der Waals surface area contributed by atoms with Crippen molar-refractivity contribution in [3.05, 3.63) is 69.7 Å². The summed E-state index contributed by atoms with van der Waals surface area (Å²) in [5.41, 5.74) is 6.29. The smallest absolute Gasteiger partial charge is 0.267 e. The molecule has 114 valence electrons. The molecule has 22 heavy (non-hydrogen) atoms. The van der Waals surface area contributed by atoms with Crippen molar-refractivity contribution in [2.45, 2.75) is 26.7 Å². The van der Waals surface area contributed by atoms with Gasteiger partial charge in [0.25, 0.3) is 5.91 Å². The summed E-state index contributed by atoms with van der Waals surface area (Å²) in [6, 6.07) is 15.5. The summed E-state index contributed by atoms with van der Waals surface area (Å²) in [7, 11) is 0. The lowest BCUT2D eigenvalue weighted by molar-refractivity contribution is 0.0955. The Morgan fingerprint density at radius 1 is 1.05 bits per heavy atom. The molecule has 0 aromatic heterocycles. The lowest BCUT2D eigenvalue weighted by atomic mass is 10.1. The fraction of sp³-hybridized carbons (Fsp3) is 0.222. The van der Waals surface area contributed by atoms with E-state index < -0.39 is 0 Å². The quantitative estimate of drug-likeness (QED) is 0.617. The first kappa shape index (κ1) is 16.4. The summed E-state index contributed by atoms with van der Waals surface area (Å²) in [5.74, 6) is -0.213. The Bertz CT molecular complexity index is 660. The van der Waals surface area contributed by atoms with Gasteiger partial charge in [-0.25, -0.2) is 5.43 Å². The predicted octanol–water partition coefficient (Wildman–Crippen LogP) is 4.56. The molecule has 3 nitrogen and oxygen atoms in total. The fourth-order valence-corrected chi connectivity index (χ4v) is 2.33. The number of aryl methyl sites for hydroxylation is 1. The first-order chi connectivity index (χ1) is 10.6. The van der Waals surface area contributed by atoms with E-state index in [4.69, 9.17) is 0 Å². The monoisotopic (exact) mass is 358 g/mol. The molecule has 0 fully saturated rings. The van der Waals surface area contributed by atoms with E-state index in [0.29, 0.717) is 5.56 Å². The molecule has 0 atom stereocenters. The van der Waals surface area contributed by atoms with Crippen LogP contribution in [0.15, 0.2) is 58.1 Å². The van der Waals surface area contributed by atoms with Crippen molar-refractivity contribution in [1.82, 2.24) is 5.43 Å². The van der Waals surface area contributed by atoms with Crippen LogP contribution in [0.4, 0.5) is 0 Å². The Balaban J connectivity index is 2.02. The minimum atomic E-state index is -0.213. The van der Waals surface area contributed by atoms with Gasteiger partial charge in [-0.1, -0.05) is 53.5 Å². The summed E-state index contributed by atoms with van der Waals surface area (Å²) >= 11 is 3.34. The molecule has 0 radical (unpaired) electrons. The molecule has 4 heteroatoms. The van der Waals surface area contributed by atoms with Gasteiger partial charge >= 0.3 is 0 Å². The highest BCUT2D eigenvalue weighted by atomic mass is 79.9. The summed E-state index contributed by atoms with van der Waals surface area (Å²) in [6.45, 7) is 4.05. The number of carbonyl (C=O) groups excluding carboxylic acids is 1. The molecule has 0 saturated heterocycles. The number of carbonyl (C=O) groups is 1. The van der Waals surface area contributed by atoms with Gasteiger partial charge in [-0.2, -0.15) is 5.10 Å². The van der Waals surface area contributed by atoms with E-state index in [1.807, 2.05) is 31.2 Å². The Kier molecular flexibility index (Phi) is 5.90. The van der Waals surface area contributed by atoms with Crippen molar-refractivity contribution in [2.24, 2.45) is 5.10 Å². The molecule has 2 rings (SSSR count). The SMILES string of the molecule is CCCc1ccc(/C(C)=N/NC(=O)c2ccc(Br)cc2)cc1. The first-order valence-corrected chi connectivity index (χ1v) is 8.09. The molecule has 0 aliphatic rings. The second-order valence-electron chi connectivity index (χ2n) is 5.09. The third-order valence-corrected chi connectivity index (χ3v) is 3.87. The zero-order chi connectivity index (χ0) is 15.9. The number of hydrogen-bond donors (Lipinski definition) is 1. The van der Waals surface area contributed by atoms with Crippen molar-refractivity contribution < 1.29 is 4.79 Å². The molecule has 0 aliphatic carbocycles. The van der Waals surface area contributed by atoms with Crippen LogP contribution in [0.2, 0.25) is 0 Å². The van der Waals surface area contributed by atoms with Crippen molar-refractivity contribution in [1.29, 1.82) is 0 Å². The predicted molar refractivity (Wildman–Crippen MR) is 94.3 cm³/mol.